The maximum absolute atomic E-state index is 4.44. The van der Waals surface area contributed by atoms with Crippen LogP contribution in [0.1, 0.15) is 24.6 Å². The van der Waals surface area contributed by atoms with Gasteiger partial charge in [0, 0.05) is 35.6 Å². The summed E-state index contributed by atoms with van der Waals surface area (Å²) in [7, 11) is 0. The Hall–Kier alpha value is -1.26. The summed E-state index contributed by atoms with van der Waals surface area (Å²) >= 11 is 1.74. The summed E-state index contributed by atoms with van der Waals surface area (Å²) < 4.78 is 0. The summed E-state index contributed by atoms with van der Waals surface area (Å²) in [6.07, 6.45) is 8.03. The molecule has 4 heteroatoms. The molecule has 0 saturated heterocycles. The standard InChI is InChI=1S/C13H17N3S/c1-2-3-6-15-9-12-10-16-13(17-12)11-4-7-14-8-5-11/h4-5,7-8,10,15H,2-3,6,9H2,1H3. The summed E-state index contributed by atoms with van der Waals surface area (Å²) in [5.74, 6) is 0. The lowest BCUT2D eigenvalue weighted by molar-refractivity contribution is 0.645. The lowest BCUT2D eigenvalue weighted by atomic mass is 10.3. The molecular weight excluding hydrogens is 230 g/mol. The van der Waals surface area contributed by atoms with Gasteiger partial charge in [-0.05, 0) is 25.1 Å². The van der Waals surface area contributed by atoms with E-state index < -0.39 is 0 Å². The number of hydrogen-bond acceptors (Lipinski definition) is 4. The SMILES string of the molecule is CCCCNCc1cnc(-c2ccncc2)s1. The van der Waals surface area contributed by atoms with E-state index in [1.54, 1.807) is 23.7 Å². The van der Waals surface area contributed by atoms with E-state index in [1.165, 1.54) is 17.7 Å². The van der Waals surface area contributed by atoms with E-state index in [2.05, 4.69) is 22.2 Å². The van der Waals surface area contributed by atoms with Gasteiger partial charge in [-0.2, -0.15) is 0 Å². The molecule has 90 valence electrons. The monoisotopic (exact) mass is 247 g/mol. The molecule has 2 heterocycles. The van der Waals surface area contributed by atoms with Gasteiger partial charge in [-0.1, -0.05) is 13.3 Å². The number of pyridine rings is 1. The molecule has 0 aliphatic carbocycles. The Balaban J connectivity index is 1.92. The molecule has 0 radical (unpaired) electrons. The predicted molar refractivity (Wildman–Crippen MR) is 72.0 cm³/mol. The maximum Gasteiger partial charge on any atom is 0.123 e. The molecule has 0 unspecified atom stereocenters. The topological polar surface area (TPSA) is 37.8 Å². The van der Waals surface area contributed by atoms with E-state index in [0.717, 1.165) is 23.7 Å². The average Bonchev–Trinajstić information content (AvgIpc) is 2.85. The van der Waals surface area contributed by atoms with Crippen LogP contribution in [0, 0.1) is 0 Å². The highest BCUT2D eigenvalue weighted by Gasteiger charge is 2.03. The van der Waals surface area contributed by atoms with Crippen molar-refractivity contribution in [2.45, 2.75) is 26.3 Å². The first kappa shape index (κ1) is 12.2. The maximum atomic E-state index is 4.44. The van der Waals surface area contributed by atoms with Gasteiger partial charge in [-0.3, -0.25) is 4.98 Å². The van der Waals surface area contributed by atoms with Gasteiger partial charge in [0.2, 0.25) is 0 Å². The van der Waals surface area contributed by atoms with Gasteiger partial charge in [0.15, 0.2) is 0 Å². The number of aromatic nitrogens is 2. The first-order valence-electron chi connectivity index (χ1n) is 5.96. The average molecular weight is 247 g/mol. The molecule has 0 fully saturated rings. The van der Waals surface area contributed by atoms with Gasteiger partial charge in [-0.15, -0.1) is 11.3 Å². The zero-order chi connectivity index (χ0) is 11.9. The molecule has 0 aliphatic rings. The molecule has 0 amide bonds. The molecular formula is C13H17N3S. The van der Waals surface area contributed by atoms with Crippen molar-refractivity contribution in [2.75, 3.05) is 6.54 Å². The molecule has 2 aromatic rings. The van der Waals surface area contributed by atoms with Crippen LogP contribution in [0.15, 0.2) is 30.7 Å². The van der Waals surface area contributed by atoms with E-state index >= 15 is 0 Å². The molecule has 0 saturated carbocycles. The van der Waals surface area contributed by atoms with E-state index in [1.807, 2.05) is 18.3 Å². The first-order valence-corrected chi connectivity index (χ1v) is 6.77. The molecule has 17 heavy (non-hydrogen) atoms. The number of thiazole rings is 1. The van der Waals surface area contributed by atoms with Crippen molar-refractivity contribution >= 4 is 11.3 Å². The van der Waals surface area contributed by atoms with E-state index in [0.29, 0.717) is 0 Å². The third-order valence-corrected chi connectivity index (χ3v) is 3.53. The highest BCUT2D eigenvalue weighted by molar-refractivity contribution is 7.15. The zero-order valence-electron chi connectivity index (χ0n) is 10.0. The van der Waals surface area contributed by atoms with Crippen molar-refractivity contribution in [3.63, 3.8) is 0 Å². The van der Waals surface area contributed by atoms with Crippen LogP contribution in [0.3, 0.4) is 0 Å². The molecule has 0 aliphatic heterocycles. The summed E-state index contributed by atoms with van der Waals surface area (Å²) in [5.41, 5.74) is 1.14. The quantitative estimate of drug-likeness (QED) is 0.797. The molecule has 3 nitrogen and oxygen atoms in total. The van der Waals surface area contributed by atoms with Gasteiger partial charge < -0.3 is 5.32 Å². The first-order chi connectivity index (χ1) is 8.40. The van der Waals surface area contributed by atoms with Crippen LogP contribution in [-0.2, 0) is 6.54 Å². The van der Waals surface area contributed by atoms with Gasteiger partial charge in [0.05, 0.1) is 0 Å². The number of hydrogen-bond donors (Lipinski definition) is 1. The normalized spacial score (nSPS) is 10.6. The van der Waals surface area contributed by atoms with Gasteiger partial charge in [0.1, 0.15) is 5.01 Å². The Morgan fingerprint density at radius 1 is 1.29 bits per heavy atom. The van der Waals surface area contributed by atoms with Crippen molar-refractivity contribution in [1.82, 2.24) is 15.3 Å². The third kappa shape index (κ3) is 3.61. The summed E-state index contributed by atoms with van der Waals surface area (Å²) in [6.45, 7) is 4.21. The minimum Gasteiger partial charge on any atom is -0.312 e. The van der Waals surface area contributed by atoms with Crippen LogP contribution in [0.2, 0.25) is 0 Å². The fourth-order valence-electron chi connectivity index (χ4n) is 1.53. The van der Waals surface area contributed by atoms with Crippen LogP contribution in [0.25, 0.3) is 10.6 Å². The van der Waals surface area contributed by atoms with Crippen molar-refractivity contribution in [3.8, 4) is 10.6 Å². The van der Waals surface area contributed by atoms with E-state index in [-0.39, 0.29) is 0 Å². The van der Waals surface area contributed by atoms with Crippen molar-refractivity contribution in [2.24, 2.45) is 0 Å². The fraction of sp³-hybridized carbons (Fsp3) is 0.385. The molecule has 0 atom stereocenters. The zero-order valence-corrected chi connectivity index (χ0v) is 10.8. The minimum atomic E-state index is 0.919. The molecule has 2 aromatic heterocycles. The second kappa shape index (κ2) is 6.47. The highest BCUT2D eigenvalue weighted by Crippen LogP contribution is 2.24. The lowest BCUT2D eigenvalue weighted by Crippen LogP contribution is -2.13. The predicted octanol–water partition coefficient (Wildman–Crippen LogP) is 3.09. The van der Waals surface area contributed by atoms with Crippen LogP contribution in [0.5, 0.6) is 0 Å². The Morgan fingerprint density at radius 3 is 2.88 bits per heavy atom. The Morgan fingerprint density at radius 2 is 2.12 bits per heavy atom. The van der Waals surface area contributed by atoms with Crippen LogP contribution < -0.4 is 5.32 Å². The number of nitrogens with one attached hydrogen (secondary N) is 1. The van der Waals surface area contributed by atoms with Crippen LogP contribution >= 0.6 is 11.3 Å². The second-order valence-electron chi connectivity index (χ2n) is 3.90. The summed E-state index contributed by atoms with van der Waals surface area (Å²) in [4.78, 5) is 9.73. The molecule has 0 bridgehead atoms. The molecule has 0 spiro atoms. The van der Waals surface area contributed by atoms with Crippen LogP contribution in [0.4, 0.5) is 0 Å². The van der Waals surface area contributed by atoms with Gasteiger partial charge in [0.25, 0.3) is 0 Å². The fourth-order valence-corrected chi connectivity index (χ4v) is 2.42. The Kier molecular flexibility index (Phi) is 4.64. The second-order valence-corrected chi connectivity index (χ2v) is 5.01. The van der Waals surface area contributed by atoms with Gasteiger partial charge in [-0.25, -0.2) is 4.98 Å². The lowest BCUT2D eigenvalue weighted by Gasteiger charge is -1.99. The largest absolute Gasteiger partial charge is 0.312 e. The van der Waals surface area contributed by atoms with E-state index in [9.17, 15) is 0 Å². The van der Waals surface area contributed by atoms with Crippen molar-refractivity contribution in [3.05, 3.63) is 35.6 Å². The van der Waals surface area contributed by atoms with Crippen LogP contribution in [-0.4, -0.2) is 16.5 Å². The Bertz CT molecular complexity index is 439. The van der Waals surface area contributed by atoms with Crippen molar-refractivity contribution < 1.29 is 0 Å². The number of unbranched alkanes of at least 4 members (excludes halogenated alkanes) is 1. The molecule has 0 aromatic carbocycles. The molecule has 1 N–H and O–H groups in total. The minimum absolute atomic E-state index is 0.919. The number of nitrogens with zero attached hydrogens (tertiary/aromatic N) is 2. The van der Waals surface area contributed by atoms with Crippen molar-refractivity contribution in [1.29, 1.82) is 0 Å². The summed E-state index contributed by atoms with van der Waals surface area (Å²) in [5, 5.41) is 4.49. The van der Waals surface area contributed by atoms with Gasteiger partial charge >= 0.3 is 0 Å². The highest BCUT2D eigenvalue weighted by atomic mass is 32.1. The third-order valence-electron chi connectivity index (χ3n) is 2.49. The van der Waals surface area contributed by atoms with E-state index in [4.69, 9.17) is 0 Å². The molecule has 2 rings (SSSR count). The Labute approximate surface area is 106 Å². The smallest absolute Gasteiger partial charge is 0.123 e. The number of rotatable bonds is 6. The summed E-state index contributed by atoms with van der Waals surface area (Å²) in [6, 6.07) is 3.99.